The van der Waals surface area contributed by atoms with Crippen LogP contribution < -0.4 is 9.64 Å². The molecule has 1 aliphatic rings. The molecule has 5 heteroatoms. The molecule has 0 unspecified atom stereocenters. The van der Waals surface area contributed by atoms with Crippen LogP contribution in [0.2, 0.25) is 0 Å². The van der Waals surface area contributed by atoms with Gasteiger partial charge in [0, 0.05) is 30.7 Å². The minimum Gasteiger partial charge on any atom is -0.494 e. The third kappa shape index (κ3) is 2.72. The van der Waals surface area contributed by atoms with Crippen molar-refractivity contribution in [3.05, 3.63) is 22.4 Å². The molecular formula is C12H16BrFN2O. The topological polar surface area (TPSA) is 15.7 Å². The van der Waals surface area contributed by atoms with E-state index in [4.69, 9.17) is 4.74 Å². The molecule has 1 aromatic carbocycles. The first-order chi connectivity index (χ1) is 8.11. The lowest BCUT2D eigenvalue weighted by atomic mass is 10.2. The zero-order valence-electron chi connectivity index (χ0n) is 10.0. The Morgan fingerprint density at radius 3 is 2.47 bits per heavy atom. The molecule has 94 valence electrons. The van der Waals surface area contributed by atoms with Gasteiger partial charge in [0.1, 0.15) is 11.4 Å². The van der Waals surface area contributed by atoms with Crippen molar-refractivity contribution in [3.8, 4) is 5.75 Å². The van der Waals surface area contributed by atoms with Crippen molar-refractivity contribution in [3.63, 3.8) is 0 Å². The number of piperazine rings is 1. The molecule has 0 spiro atoms. The number of benzene rings is 1. The van der Waals surface area contributed by atoms with Crippen LogP contribution in [0.4, 0.5) is 10.1 Å². The Morgan fingerprint density at radius 1 is 1.24 bits per heavy atom. The highest BCUT2D eigenvalue weighted by Gasteiger charge is 2.21. The van der Waals surface area contributed by atoms with Gasteiger partial charge in [0.2, 0.25) is 0 Å². The summed E-state index contributed by atoms with van der Waals surface area (Å²) in [5.41, 5.74) is 0.573. The van der Waals surface area contributed by atoms with E-state index in [2.05, 4.69) is 27.9 Å². The number of hydrogen-bond acceptors (Lipinski definition) is 3. The van der Waals surface area contributed by atoms with Crippen molar-refractivity contribution in [1.82, 2.24) is 4.90 Å². The number of nitrogens with zero attached hydrogens (tertiary/aromatic N) is 2. The number of anilines is 1. The Hall–Kier alpha value is -0.810. The highest BCUT2D eigenvalue weighted by molar-refractivity contribution is 9.10. The molecule has 2 rings (SSSR count). The van der Waals surface area contributed by atoms with Crippen molar-refractivity contribution in [2.24, 2.45) is 0 Å². The first-order valence-electron chi connectivity index (χ1n) is 5.58. The smallest absolute Gasteiger partial charge is 0.151 e. The van der Waals surface area contributed by atoms with E-state index < -0.39 is 0 Å². The molecule has 0 aliphatic carbocycles. The fraction of sp³-hybridized carbons (Fsp3) is 0.500. The van der Waals surface area contributed by atoms with Gasteiger partial charge in [-0.05, 0) is 19.2 Å². The summed E-state index contributed by atoms with van der Waals surface area (Å²) in [6.07, 6.45) is 0. The predicted molar refractivity (Wildman–Crippen MR) is 70.4 cm³/mol. The van der Waals surface area contributed by atoms with Crippen LogP contribution in [0.1, 0.15) is 0 Å². The molecule has 0 N–H and O–H groups in total. The minimum absolute atomic E-state index is 0.235. The molecule has 1 aliphatic heterocycles. The van der Waals surface area contributed by atoms with Gasteiger partial charge in [-0.3, -0.25) is 0 Å². The average molecular weight is 303 g/mol. The molecule has 0 aromatic heterocycles. The van der Waals surface area contributed by atoms with E-state index in [-0.39, 0.29) is 5.82 Å². The maximum Gasteiger partial charge on any atom is 0.151 e. The monoisotopic (exact) mass is 302 g/mol. The van der Waals surface area contributed by atoms with Crippen LogP contribution in [0, 0.1) is 5.82 Å². The Balaban J connectivity index is 2.31. The van der Waals surface area contributed by atoms with E-state index in [0.29, 0.717) is 15.9 Å². The molecule has 0 radical (unpaired) electrons. The lowest BCUT2D eigenvalue weighted by Gasteiger charge is -2.34. The summed E-state index contributed by atoms with van der Waals surface area (Å²) in [4.78, 5) is 4.28. The molecule has 0 bridgehead atoms. The van der Waals surface area contributed by atoms with Crippen LogP contribution in [-0.4, -0.2) is 45.2 Å². The summed E-state index contributed by atoms with van der Waals surface area (Å²) in [5, 5.41) is 0. The standard InChI is InChI=1S/C12H16BrFN2O/c1-15-3-5-16(6-4-15)12-10(14)7-9(13)8-11(12)17-2/h7-8H,3-6H2,1-2H3. The quantitative estimate of drug-likeness (QED) is 0.834. The first-order valence-corrected chi connectivity index (χ1v) is 6.37. The highest BCUT2D eigenvalue weighted by atomic mass is 79.9. The van der Waals surface area contributed by atoms with Gasteiger partial charge in [-0.1, -0.05) is 15.9 Å². The van der Waals surface area contributed by atoms with Gasteiger partial charge in [0.25, 0.3) is 0 Å². The summed E-state index contributed by atoms with van der Waals surface area (Å²) in [6, 6.07) is 3.28. The lowest BCUT2D eigenvalue weighted by molar-refractivity contribution is 0.309. The van der Waals surface area contributed by atoms with Crippen molar-refractivity contribution >= 4 is 21.6 Å². The summed E-state index contributed by atoms with van der Waals surface area (Å²) in [5.74, 6) is 0.349. The second-order valence-corrected chi connectivity index (χ2v) is 5.14. The van der Waals surface area contributed by atoms with Gasteiger partial charge in [0.15, 0.2) is 5.82 Å². The van der Waals surface area contributed by atoms with Crippen molar-refractivity contribution in [2.45, 2.75) is 0 Å². The third-order valence-corrected chi connectivity index (χ3v) is 3.49. The molecule has 1 aromatic rings. The van der Waals surface area contributed by atoms with Crippen molar-refractivity contribution in [1.29, 1.82) is 0 Å². The van der Waals surface area contributed by atoms with Crippen LogP contribution in [0.25, 0.3) is 0 Å². The van der Waals surface area contributed by atoms with Gasteiger partial charge < -0.3 is 14.5 Å². The van der Waals surface area contributed by atoms with Crippen molar-refractivity contribution in [2.75, 3.05) is 45.2 Å². The predicted octanol–water partition coefficient (Wildman–Crippen LogP) is 2.35. The normalized spacial score (nSPS) is 17.3. The van der Waals surface area contributed by atoms with Crippen LogP contribution in [0.15, 0.2) is 16.6 Å². The summed E-state index contributed by atoms with van der Waals surface area (Å²) in [6.45, 7) is 3.54. The summed E-state index contributed by atoms with van der Waals surface area (Å²) >= 11 is 3.27. The molecule has 0 saturated carbocycles. The fourth-order valence-electron chi connectivity index (χ4n) is 2.03. The van der Waals surface area contributed by atoms with E-state index >= 15 is 0 Å². The van der Waals surface area contributed by atoms with Crippen LogP contribution in [-0.2, 0) is 0 Å². The number of hydrogen-bond donors (Lipinski definition) is 0. The maximum absolute atomic E-state index is 14.0. The van der Waals surface area contributed by atoms with Gasteiger partial charge in [-0.25, -0.2) is 4.39 Å². The number of halogens is 2. The van der Waals surface area contributed by atoms with Crippen LogP contribution in [0.3, 0.4) is 0 Å². The fourth-order valence-corrected chi connectivity index (χ4v) is 2.44. The number of ether oxygens (including phenoxy) is 1. The van der Waals surface area contributed by atoms with E-state index in [0.717, 1.165) is 26.2 Å². The number of rotatable bonds is 2. The largest absolute Gasteiger partial charge is 0.494 e. The van der Waals surface area contributed by atoms with Gasteiger partial charge in [-0.15, -0.1) is 0 Å². The van der Waals surface area contributed by atoms with E-state index in [1.807, 2.05) is 4.90 Å². The molecule has 0 amide bonds. The Kier molecular flexibility index (Phi) is 3.89. The van der Waals surface area contributed by atoms with Gasteiger partial charge in [-0.2, -0.15) is 0 Å². The number of methoxy groups -OCH3 is 1. The van der Waals surface area contributed by atoms with E-state index in [1.54, 1.807) is 13.2 Å². The minimum atomic E-state index is -0.235. The zero-order valence-corrected chi connectivity index (χ0v) is 11.6. The van der Waals surface area contributed by atoms with Crippen LogP contribution in [0.5, 0.6) is 5.75 Å². The molecule has 1 fully saturated rings. The number of likely N-dealkylation sites (N-methyl/N-ethyl adjacent to an activating group) is 1. The van der Waals surface area contributed by atoms with Crippen LogP contribution >= 0.6 is 15.9 Å². The Labute approximate surface area is 109 Å². The maximum atomic E-state index is 14.0. The van der Waals surface area contributed by atoms with E-state index in [9.17, 15) is 4.39 Å². The SMILES string of the molecule is COc1cc(Br)cc(F)c1N1CCN(C)CC1. The molecule has 1 saturated heterocycles. The first kappa shape index (κ1) is 12.6. The van der Waals surface area contributed by atoms with Gasteiger partial charge in [0.05, 0.1) is 7.11 Å². The highest BCUT2D eigenvalue weighted by Crippen LogP contribution is 2.34. The second kappa shape index (κ2) is 5.23. The third-order valence-electron chi connectivity index (χ3n) is 3.03. The molecule has 0 atom stereocenters. The van der Waals surface area contributed by atoms with E-state index in [1.165, 1.54) is 6.07 Å². The Morgan fingerprint density at radius 2 is 1.88 bits per heavy atom. The average Bonchev–Trinajstić information content (AvgIpc) is 2.30. The van der Waals surface area contributed by atoms with Gasteiger partial charge >= 0.3 is 0 Å². The Bertz CT molecular complexity index is 406. The molecular weight excluding hydrogens is 287 g/mol. The molecule has 1 heterocycles. The summed E-state index contributed by atoms with van der Waals surface area (Å²) in [7, 11) is 3.65. The molecule has 17 heavy (non-hydrogen) atoms. The molecule has 3 nitrogen and oxygen atoms in total. The lowest BCUT2D eigenvalue weighted by Crippen LogP contribution is -2.44. The van der Waals surface area contributed by atoms with Crippen molar-refractivity contribution < 1.29 is 9.13 Å². The zero-order chi connectivity index (χ0) is 12.4. The summed E-state index contributed by atoms with van der Waals surface area (Å²) < 4.78 is 20.0. The second-order valence-electron chi connectivity index (χ2n) is 4.23.